The maximum absolute atomic E-state index is 12.8. The minimum Gasteiger partial charge on any atom is -0.550 e. The fourth-order valence-electron chi connectivity index (χ4n) is 3.92. The second-order valence-electron chi connectivity index (χ2n) is 6.05. The summed E-state index contributed by atoms with van der Waals surface area (Å²) < 4.78 is 12.8. The van der Waals surface area contributed by atoms with Gasteiger partial charge in [0.1, 0.15) is 5.82 Å². The van der Waals surface area contributed by atoms with E-state index >= 15 is 0 Å². The van der Waals surface area contributed by atoms with Gasteiger partial charge in [-0.15, -0.1) is 0 Å². The predicted octanol–water partition coefficient (Wildman–Crippen LogP) is 0.854. The highest BCUT2D eigenvalue weighted by Gasteiger charge is 2.51. The second-order valence-corrected chi connectivity index (χ2v) is 6.05. The van der Waals surface area contributed by atoms with E-state index in [2.05, 4.69) is 5.32 Å². The van der Waals surface area contributed by atoms with Gasteiger partial charge in [-0.05, 0) is 48.8 Å². The van der Waals surface area contributed by atoms with Gasteiger partial charge in [0.05, 0.1) is 0 Å². The number of halogens is 1. The molecule has 0 aliphatic heterocycles. The van der Waals surface area contributed by atoms with E-state index in [0.717, 1.165) is 24.8 Å². The Hall–Kier alpha value is -1.91. The molecule has 3 rings (SSSR count). The molecule has 0 spiro atoms. The quantitative estimate of drug-likeness (QED) is 0.894. The van der Waals surface area contributed by atoms with E-state index in [4.69, 9.17) is 0 Å². The van der Waals surface area contributed by atoms with Crippen LogP contribution in [0.1, 0.15) is 24.8 Å². The number of carbonyl (C=O) groups excluding carboxylic acids is 2. The average molecular weight is 290 g/mol. The number of nitrogens with one attached hydrogen (secondary N) is 1. The Bertz CT molecular complexity index is 557. The zero-order chi connectivity index (χ0) is 15.0. The molecule has 0 aromatic heterocycles. The summed E-state index contributed by atoms with van der Waals surface area (Å²) in [6, 6.07) is 5.88. The van der Waals surface area contributed by atoms with Gasteiger partial charge in [0.25, 0.3) is 0 Å². The summed E-state index contributed by atoms with van der Waals surface area (Å²) in [6.45, 7) is 0.284. The molecule has 4 nitrogen and oxygen atoms in total. The minimum atomic E-state index is -1.11. The molecule has 112 valence electrons. The number of hydrogen-bond donors (Lipinski definition) is 1. The molecule has 1 N–H and O–H groups in total. The lowest BCUT2D eigenvalue weighted by Crippen LogP contribution is -2.45. The second kappa shape index (κ2) is 5.47. The summed E-state index contributed by atoms with van der Waals surface area (Å²) in [6.07, 6.45) is 2.61. The molecular formula is C16H17FNO3-. The number of fused-ring (bicyclic) bond motifs is 2. The molecule has 0 radical (unpaired) electrons. The lowest BCUT2D eigenvalue weighted by Gasteiger charge is -2.30. The predicted molar refractivity (Wildman–Crippen MR) is 71.1 cm³/mol. The number of aliphatic carboxylic acids is 1. The highest BCUT2D eigenvalue weighted by molar-refractivity contribution is 5.85. The molecule has 5 heteroatoms. The van der Waals surface area contributed by atoms with Crippen LogP contribution in [0.4, 0.5) is 4.39 Å². The Morgan fingerprint density at radius 2 is 1.76 bits per heavy atom. The molecule has 2 saturated carbocycles. The molecule has 1 aromatic carbocycles. The fourth-order valence-corrected chi connectivity index (χ4v) is 3.92. The van der Waals surface area contributed by atoms with Gasteiger partial charge in [-0.2, -0.15) is 0 Å². The van der Waals surface area contributed by atoms with E-state index in [-0.39, 0.29) is 30.1 Å². The van der Waals surface area contributed by atoms with Crippen molar-refractivity contribution in [3.8, 4) is 0 Å². The zero-order valence-electron chi connectivity index (χ0n) is 11.5. The standard InChI is InChI=1S/C16H18FNO3/c17-12-5-1-9(2-6-12)8-18-15(19)13-10-3-4-11(7-10)14(13)16(20)21/h1-2,5-6,10-11,13-14H,3-4,7-8H2,(H,18,19)(H,20,21)/p-1/t10-,11-,13+,14-/m0/s1. The van der Waals surface area contributed by atoms with Crippen molar-refractivity contribution in [2.45, 2.75) is 25.8 Å². The Morgan fingerprint density at radius 1 is 1.14 bits per heavy atom. The van der Waals surface area contributed by atoms with Gasteiger partial charge in [0.2, 0.25) is 5.91 Å². The highest BCUT2D eigenvalue weighted by atomic mass is 19.1. The first-order chi connectivity index (χ1) is 10.1. The minimum absolute atomic E-state index is 0.0848. The van der Waals surface area contributed by atoms with Crippen LogP contribution in [0.15, 0.2) is 24.3 Å². The average Bonchev–Trinajstić information content (AvgIpc) is 3.06. The van der Waals surface area contributed by atoms with Crippen LogP contribution in [0.2, 0.25) is 0 Å². The third-order valence-corrected chi connectivity index (χ3v) is 4.87. The molecule has 21 heavy (non-hydrogen) atoms. The molecule has 2 aliphatic carbocycles. The first-order valence-electron chi connectivity index (χ1n) is 7.29. The number of rotatable bonds is 4. The zero-order valence-corrected chi connectivity index (χ0v) is 11.5. The van der Waals surface area contributed by atoms with Crippen molar-refractivity contribution in [2.75, 3.05) is 0 Å². The van der Waals surface area contributed by atoms with Crippen molar-refractivity contribution in [3.05, 3.63) is 35.6 Å². The van der Waals surface area contributed by atoms with Crippen LogP contribution in [0.25, 0.3) is 0 Å². The largest absolute Gasteiger partial charge is 0.550 e. The monoisotopic (exact) mass is 290 g/mol. The molecule has 0 saturated heterocycles. The number of carboxylic acids is 1. The molecule has 1 aromatic rings. The van der Waals surface area contributed by atoms with E-state index in [0.29, 0.717) is 0 Å². The summed E-state index contributed by atoms with van der Waals surface area (Å²) in [5.41, 5.74) is 0.790. The van der Waals surface area contributed by atoms with Crippen LogP contribution in [0, 0.1) is 29.5 Å². The molecular weight excluding hydrogens is 273 g/mol. The van der Waals surface area contributed by atoms with E-state index in [1.807, 2.05) is 0 Å². The molecule has 2 bridgehead atoms. The first kappa shape index (κ1) is 14.0. The lowest BCUT2D eigenvalue weighted by molar-refractivity contribution is -0.314. The molecule has 2 fully saturated rings. The lowest BCUT2D eigenvalue weighted by atomic mass is 9.78. The Kier molecular flexibility index (Phi) is 3.66. The van der Waals surface area contributed by atoms with E-state index < -0.39 is 17.8 Å². The fraction of sp³-hybridized carbons (Fsp3) is 0.500. The van der Waals surface area contributed by atoms with Gasteiger partial charge in [-0.1, -0.05) is 12.1 Å². The summed E-state index contributed by atoms with van der Waals surface area (Å²) in [7, 11) is 0. The maximum Gasteiger partial charge on any atom is 0.224 e. The normalized spacial score (nSPS) is 30.3. The van der Waals surface area contributed by atoms with Gasteiger partial charge in [-0.3, -0.25) is 4.79 Å². The van der Waals surface area contributed by atoms with Gasteiger partial charge >= 0.3 is 0 Å². The highest BCUT2D eigenvalue weighted by Crippen LogP contribution is 2.52. The SMILES string of the molecule is O=C(NCc1ccc(F)cc1)[C@@H]1[C@H]2CC[C@@H](C2)[C@@H]1C(=O)[O-]. The molecule has 0 unspecified atom stereocenters. The topological polar surface area (TPSA) is 69.2 Å². The van der Waals surface area contributed by atoms with Crippen LogP contribution in [-0.2, 0) is 16.1 Å². The summed E-state index contributed by atoms with van der Waals surface area (Å²) in [4.78, 5) is 23.6. The molecule has 0 heterocycles. The number of benzene rings is 1. The molecule has 1 amide bonds. The van der Waals surface area contributed by atoms with Crippen LogP contribution < -0.4 is 10.4 Å². The third kappa shape index (κ3) is 2.64. The Morgan fingerprint density at radius 3 is 2.38 bits per heavy atom. The van der Waals surface area contributed by atoms with Crippen LogP contribution in [0.3, 0.4) is 0 Å². The van der Waals surface area contributed by atoms with Gasteiger partial charge in [0.15, 0.2) is 0 Å². The molecule has 2 aliphatic rings. The first-order valence-corrected chi connectivity index (χ1v) is 7.29. The van der Waals surface area contributed by atoms with Crippen molar-refractivity contribution < 1.29 is 19.1 Å². The van der Waals surface area contributed by atoms with Gasteiger partial charge < -0.3 is 15.2 Å². The maximum atomic E-state index is 12.8. The Balaban J connectivity index is 1.64. The summed E-state index contributed by atoms with van der Waals surface area (Å²) in [5.74, 6) is -2.54. The van der Waals surface area contributed by atoms with Gasteiger partial charge in [-0.25, -0.2) is 4.39 Å². The van der Waals surface area contributed by atoms with Crippen molar-refractivity contribution in [1.82, 2.24) is 5.32 Å². The Labute approximate surface area is 122 Å². The molecule has 4 atom stereocenters. The smallest absolute Gasteiger partial charge is 0.224 e. The van der Waals surface area contributed by atoms with E-state index in [1.54, 1.807) is 12.1 Å². The van der Waals surface area contributed by atoms with Crippen molar-refractivity contribution >= 4 is 11.9 Å². The van der Waals surface area contributed by atoms with Crippen molar-refractivity contribution in [2.24, 2.45) is 23.7 Å². The summed E-state index contributed by atoms with van der Waals surface area (Å²) in [5, 5.41) is 14.1. The van der Waals surface area contributed by atoms with Crippen molar-refractivity contribution in [3.63, 3.8) is 0 Å². The van der Waals surface area contributed by atoms with Gasteiger partial charge in [0, 0.05) is 24.3 Å². The van der Waals surface area contributed by atoms with Crippen molar-refractivity contribution in [1.29, 1.82) is 0 Å². The van der Waals surface area contributed by atoms with Crippen LogP contribution in [0.5, 0.6) is 0 Å². The van der Waals surface area contributed by atoms with E-state index in [1.165, 1.54) is 12.1 Å². The van der Waals surface area contributed by atoms with Crippen LogP contribution >= 0.6 is 0 Å². The number of carboxylic acid groups (broad SMARTS) is 1. The summed E-state index contributed by atoms with van der Waals surface area (Å²) >= 11 is 0. The van der Waals surface area contributed by atoms with Crippen LogP contribution in [-0.4, -0.2) is 11.9 Å². The van der Waals surface area contributed by atoms with E-state index in [9.17, 15) is 19.1 Å². The third-order valence-electron chi connectivity index (χ3n) is 4.87. The number of hydrogen-bond acceptors (Lipinski definition) is 3. The number of carbonyl (C=O) groups is 2. The number of amides is 1.